The zero-order chi connectivity index (χ0) is 18.0. The Bertz CT molecular complexity index is 751. The van der Waals surface area contributed by atoms with Gasteiger partial charge in [0.15, 0.2) is 0 Å². The SMILES string of the molecule is Cc1nn(C)c(C)c1C(=O)N1CCC[C@H](CCc2ccc(F)cc2)C1. The second kappa shape index (κ2) is 7.38. The summed E-state index contributed by atoms with van der Waals surface area (Å²) in [5.41, 5.74) is 3.64. The molecule has 0 aliphatic carbocycles. The smallest absolute Gasteiger partial charge is 0.257 e. The van der Waals surface area contributed by atoms with Gasteiger partial charge < -0.3 is 4.90 Å². The van der Waals surface area contributed by atoms with Crippen LogP contribution in [-0.4, -0.2) is 33.7 Å². The number of benzene rings is 1. The van der Waals surface area contributed by atoms with Gasteiger partial charge in [-0.15, -0.1) is 0 Å². The molecule has 1 aromatic heterocycles. The Kier molecular flexibility index (Phi) is 5.21. The van der Waals surface area contributed by atoms with Gasteiger partial charge in [0, 0.05) is 25.8 Å². The number of piperidine rings is 1. The van der Waals surface area contributed by atoms with Gasteiger partial charge >= 0.3 is 0 Å². The first-order valence-electron chi connectivity index (χ1n) is 8.99. The first-order chi connectivity index (χ1) is 12.0. The van der Waals surface area contributed by atoms with E-state index in [0.29, 0.717) is 5.92 Å². The lowest BCUT2D eigenvalue weighted by molar-refractivity contribution is 0.0666. The highest BCUT2D eigenvalue weighted by molar-refractivity contribution is 5.96. The molecule has 1 amide bonds. The standard InChI is InChI=1S/C20H26FN3O/c1-14-19(15(2)23(3)22-14)20(25)24-12-4-5-17(13-24)7-6-16-8-10-18(21)11-9-16/h8-11,17H,4-7,12-13H2,1-3H3/t17-/m1/s1. The van der Waals surface area contributed by atoms with Gasteiger partial charge in [-0.05, 0) is 63.1 Å². The number of nitrogens with zero attached hydrogens (tertiary/aromatic N) is 3. The number of hydrogen-bond acceptors (Lipinski definition) is 2. The summed E-state index contributed by atoms with van der Waals surface area (Å²) in [6.45, 7) is 5.47. The number of likely N-dealkylation sites (tertiary alicyclic amines) is 1. The Morgan fingerprint density at radius 3 is 2.64 bits per heavy atom. The molecule has 0 N–H and O–H groups in total. The van der Waals surface area contributed by atoms with Gasteiger partial charge in [0.2, 0.25) is 0 Å². The molecule has 2 heterocycles. The molecule has 0 saturated carbocycles. The highest BCUT2D eigenvalue weighted by atomic mass is 19.1. The van der Waals surface area contributed by atoms with Crippen LogP contribution in [0.15, 0.2) is 24.3 Å². The van der Waals surface area contributed by atoms with Crippen molar-refractivity contribution in [3.8, 4) is 0 Å². The molecule has 1 aliphatic heterocycles. The number of aromatic nitrogens is 2. The van der Waals surface area contributed by atoms with Crippen LogP contribution in [0.5, 0.6) is 0 Å². The first-order valence-corrected chi connectivity index (χ1v) is 8.99. The molecule has 1 saturated heterocycles. The number of amides is 1. The van der Waals surface area contributed by atoms with E-state index < -0.39 is 0 Å². The molecule has 1 aromatic carbocycles. The predicted molar refractivity (Wildman–Crippen MR) is 96.0 cm³/mol. The Balaban J connectivity index is 1.62. The summed E-state index contributed by atoms with van der Waals surface area (Å²) < 4.78 is 14.8. The third-order valence-corrected chi connectivity index (χ3v) is 5.28. The summed E-state index contributed by atoms with van der Waals surface area (Å²) in [5.74, 6) is 0.412. The summed E-state index contributed by atoms with van der Waals surface area (Å²) in [6, 6.07) is 6.73. The molecule has 1 atom stereocenters. The number of rotatable bonds is 4. The molecule has 3 rings (SSSR count). The highest BCUT2D eigenvalue weighted by Crippen LogP contribution is 2.24. The fourth-order valence-corrected chi connectivity index (χ4v) is 3.75. The molecule has 5 heteroatoms. The molecule has 0 radical (unpaired) electrons. The maximum Gasteiger partial charge on any atom is 0.257 e. The molecule has 2 aromatic rings. The van der Waals surface area contributed by atoms with Crippen LogP contribution in [0.3, 0.4) is 0 Å². The predicted octanol–water partition coefficient (Wildman–Crippen LogP) is 3.66. The summed E-state index contributed by atoms with van der Waals surface area (Å²) in [6.07, 6.45) is 4.15. The molecule has 134 valence electrons. The average Bonchev–Trinajstić information content (AvgIpc) is 2.86. The van der Waals surface area contributed by atoms with Crippen LogP contribution in [0.2, 0.25) is 0 Å². The van der Waals surface area contributed by atoms with Crippen LogP contribution in [0.1, 0.15) is 46.6 Å². The summed E-state index contributed by atoms with van der Waals surface area (Å²) in [7, 11) is 1.88. The van der Waals surface area contributed by atoms with E-state index in [1.165, 1.54) is 12.1 Å². The number of carbonyl (C=O) groups excluding carboxylic acids is 1. The van der Waals surface area contributed by atoms with Crippen LogP contribution in [0.4, 0.5) is 4.39 Å². The fourth-order valence-electron chi connectivity index (χ4n) is 3.75. The van der Waals surface area contributed by atoms with Gasteiger partial charge in [-0.1, -0.05) is 12.1 Å². The lowest BCUT2D eigenvalue weighted by Gasteiger charge is -2.33. The molecule has 1 fully saturated rings. The molecule has 0 bridgehead atoms. The van der Waals surface area contributed by atoms with Gasteiger partial charge in [-0.3, -0.25) is 9.48 Å². The van der Waals surface area contributed by atoms with E-state index in [-0.39, 0.29) is 11.7 Å². The van der Waals surface area contributed by atoms with E-state index in [2.05, 4.69) is 5.10 Å². The number of hydrogen-bond donors (Lipinski definition) is 0. The molecule has 0 spiro atoms. The minimum atomic E-state index is -0.194. The largest absolute Gasteiger partial charge is 0.338 e. The van der Waals surface area contributed by atoms with E-state index in [1.54, 1.807) is 4.68 Å². The second-order valence-electron chi connectivity index (χ2n) is 7.09. The zero-order valence-electron chi connectivity index (χ0n) is 15.3. The number of aryl methyl sites for hydroxylation is 3. The van der Waals surface area contributed by atoms with Crippen molar-refractivity contribution in [2.75, 3.05) is 13.1 Å². The van der Waals surface area contributed by atoms with Crippen molar-refractivity contribution >= 4 is 5.91 Å². The van der Waals surface area contributed by atoms with Crippen LogP contribution in [0.25, 0.3) is 0 Å². The van der Waals surface area contributed by atoms with Gasteiger partial charge in [-0.2, -0.15) is 5.10 Å². The third-order valence-electron chi connectivity index (χ3n) is 5.28. The van der Waals surface area contributed by atoms with Gasteiger partial charge in [-0.25, -0.2) is 4.39 Å². The Morgan fingerprint density at radius 2 is 2.00 bits per heavy atom. The van der Waals surface area contributed by atoms with Crippen molar-refractivity contribution in [1.29, 1.82) is 0 Å². The highest BCUT2D eigenvalue weighted by Gasteiger charge is 2.27. The first kappa shape index (κ1) is 17.6. The maximum absolute atomic E-state index is 13.0. The number of halogens is 1. The molecule has 1 aliphatic rings. The zero-order valence-corrected chi connectivity index (χ0v) is 15.3. The van der Waals surface area contributed by atoms with Crippen LogP contribution >= 0.6 is 0 Å². The van der Waals surface area contributed by atoms with Crippen LogP contribution < -0.4 is 0 Å². The Labute approximate surface area is 148 Å². The summed E-state index contributed by atoms with van der Waals surface area (Å²) >= 11 is 0. The quantitative estimate of drug-likeness (QED) is 0.850. The van der Waals surface area contributed by atoms with Crippen molar-refractivity contribution in [1.82, 2.24) is 14.7 Å². The molecule has 25 heavy (non-hydrogen) atoms. The van der Waals surface area contributed by atoms with E-state index in [4.69, 9.17) is 0 Å². The summed E-state index contributed by atoms with van der Waals surface area (Å²) in [4.78, 5) is 14.9. The second-order valence-corrected chi connectivity index (χ2v) is 7.09. The van der Waals surface area contributed by atoms with Gasteiger partial charge in [0.05, 0.1) is 11.3 Å². The van der Waals surface area contributed by atoms with Gasteiger partial charge in [0.25, 0.3) is 5.91 Å². The van der Waals surface area contributed by atoms with E-state index in [9.17, 15) is 9.18 Å². The third kappa shape index (κ3) is 3.91. The van der Waals surface area contributed by atoms with E-state index in [1.807, 2.05) is 37.9 Å². The Hall–Kier alpha value is -2.17. The monoisotopic (exact) mass is 343 g/mol. The van der Waals surface area contributed by atoms with Crippen LogP contribution in [0, 0.1) is 25.6 Å². The maximum atomic E-state index is 13.0. The minimum absolute atomic E-state index is 0.106. The van der Waals surface area contributed by atoms with Crippen molar-refractivity contribution in [2.24, 2.45) is 13.0 Å². The van der Waals surface area contributed by atoms with E-state index >= 15 is 0 Å². The van der Waals surface area contributed by atoms with Crippen molar-refractivity contribution in [3.05, 3.63) is 52.6 Å². The molecule has 4 nitrogen and oxygen atoms in total. The lowest BCUT2D eigenvalue weighted by Crippen LogP contribution is -2.40. The topological polar surface area (TPSA) is 38.1 Å². The lowest BCUT2D eigenvalue weighted by atomic mass is 9.91. The van der Waals surface area contributed by atoms with Crippen molar-refractivity contribution in [3.63, 3.8) is 0 Å². The Morgan fingerprint density at radius 1 is 1.28 bits per heavy atom. The minimum Gasteiger partial charge on any atom is -0.338 e. The van der Waals surface area contributed by atoms with Crippen molar-refractivity contribution in [2.45, 2.75) is 39.5 Å². The average molecular weight is 343 g/mol. The molecular weight excluding hydrogens is 317 g/mol. The van der Waals surface area contributed by atoms with Crippen LogP contribution in [-0.2, 0) is 13.5 Å². The molecular formula is C20H26FN3O. The summed E-state index contributed by atoms with van der Waals surface area (Å²) in [5, 5.41) is 4.37. The normalized spacial score (nSPS) is 17.8. The van der Waals surface area contributed by atoms with E-state index in [0.717, 1.165) is 61.3 Å². The fraction of sp³-hybridized carbons (Fsp3) is 0.500. The molecule has 0 unspecified atom stereocenters. The number of carbonyl (C=O) groups is 1. The van der Waals surface area contributed by atoms with Gasteiger partial charge in [0.1, 0.15) is 5.82 Å². The van der Waals surface area contributed by atoms with Crippen molar-refractivity contribution < 1.29 is 9.18 Å².